The van der Waals surface area contributed by atoms with Crippen molar-refractivity contribution in [3.8, 4) is 0 Å². The minimum Gasteiger partial charge on any atom is -0.396 e. The molecular weight excluding hydrogens is 324 g/mol. The van der Waals surface area contributed by atoms with Gasteiger partial charge in [0.15, 0.2) is 12.1 Å². The Kier molecular flexibility index (Phi) is 8.11. The molecule has 0 aromatic heterocycles. The van der Waals surface area contributed by atoms with Crippen LogP contribution in [0.25, 0.3) is 0 Å². The Balaban J connectivity index is 2.11. The van der Waals surface area contributed by atoms with Crippen LogP contribution in [0.3, 0.4) is 0 Å². The molecule has 0 bridgehead atoms. The number of ether oxygens (including phenoxy) is 5. The quantitative estimate of drug-likeness (QED) is 0.540. The van der Waals surface area contributed by atoms with Crippen molar-refractivity contribution in [2.75, 3.05) is 26.4 Å². The number of aliphatic hydroxyl groups is 1. The van der Waals surface area contributed by atoms with Gasteiger partial charge in [0.1, 0.15) is 17.8 Å². The summed E-state index contributed by atoms with van der Waals surface area (Å²) in [4.78, 5) is 0. The molecule has 2 aliphatic rings. The van der Waals surface area contributed by atoms with E-state index in [1.165, 1.54) is 0 Å². The van der Waals surface area contributed by atoms with Crippen molar-refractivity contribution < 1.29 is 28.8 Å². The Hall–Kier alpha value is -0.240. The fourth-order valence-electron chi connectivity index (χ4n) is 3.51. The Morgan fingerprint density at radius 1 is 0.960 bits per heavy atom. The van der Waals surface area contributed by atoms with E-state index in [-0.39, 0.29) is 18.8 Å². The molecule has 0 aromatic rings. The highest BCUT2D eigenvalue weighted by molar-refractivity contribution is 5.04. The number of hydrogen-bond donors (Lipinski definition) is 1. The van der Waals surface area contributed by atoms with Crippen molar-refractivity contribution in [3.05, 3.63) is 0 Å². The van der Waals surface area contributed by atoms with Gasteiger partial charge in [-0.25, -0.2) is 0 Å². The van der Waals surface area contributed by atoms with E-state index in [9.17, 15) is 5.11 Å². The van der Waals surface area contributed by atoms with E-state index in [0.29, 0.717) is 32.7 Å². The number of fused-ring (bicyclic) bond motifs is 1. The summed E-state index contributed by atoms with van der Waals surface area (Å²) in [5.74, 6) is -0.673. The van der Waals surface area contributed by atoms with Gasteiger partial charge in [-0.3, -0.25) is 0 Å². The molecule has 2 fully saturated rings. The average Bonchev–Trinajstić information content (AvgIpc) is 3.00. The SMILES string of the molecule is CCCCOC[C@@]1(CCCO)O[C@@H]2OC(C)(C)OC2C1OCCCC. The first-order chi connectivity index (χ1) is 12.0. The van der Waals surface area contributed by atoms with E-state index in [4.69, 9.17) is 23.7 Å². The van der Waals surface area contributed by atoms with Crippen LogP contribution in [-0.2, 0) is 23.7 Å². The van der Waals surface area contributed by atoms with E-state index in [0.717, 1.165) is 25.7 Å². The van der Waals surface area contributed by atoms with Gasteiger partial charge >= 0.3 is 0 Å². The first-order valence-corrected chi connectivity index (χ1v) is 9.81. The monoisotopic (exact) mass is 360 g/mol. The summed E-state index contributed by atoms with van der Waals surface area (Å²) in [6.07, 6.45) is 4.50. The zero-order chi connectivity index (χ0) is 18.3. The highest BCUT2D eigenvalue weighted by Crippen LogP contribution is 2.45. The molecule has 6 nitrogen and oxygen atoms in total. The lowest BCUT2D eigenvalue weighted by Crippen LogP contribution is -2.50. The van der Waals surface area contributed by atoms with Gasteiger partial charge in [0.05, 0.1) is 6.61 Å². The van der Waals surface area contributed by atoms with Crippen LogP contribution < -0.4 is 0 Å². The molecule has 1 N–H and O–H groups in total. The standard InChI is InChI=1S/C19H36O6/c1-5-7-12-21-14-19(10-9-11-20)16(22-13-8-6-2)15-17(25-19)24-18(3,4)23-15/h15-17,20H,5-14H2,1-4H3/t15?,16?,17-,19+/m0/s1. The molecule has 0 saturated carbocycles. The maximum absolute atomic E-state index is 9.34. The minimum absolute atomic E-state index is 0.115. The summed E-state index contributed by atoms with van der Waals surface area (Å²) in [5, 5.41) is 9.34. The normalized spacial score (nSPS) is 33.7. The molecule has 2 saturated heterocycles. The minimum atomic E-state index is -0.673. The molecule has 2 heterocycles. The van der Waals surface area contributed by atoms with Crippen LogP contribution in [-0.4, -0.2) is 61.4 Å². The van der Waals surface area contributed by atoms with Crippen molar-refractivity contribution >= 4 is 0 Å². The van der Waals surface area contributed by atoms with Crippen LogP contribution in [0.5, 0.6) is 0 Å². The molecule has 6 heteroatoms. The van der Waals surface area contributed by atoms with Gasteiger partial charge < -0.3 is 28.8 Å². The lowest BCUT2D eigenvalue weighted by atomic mass is 9.90. The second kappa shape index (κ2) is 9.62. The van der Waals surface area contributed by atoms with Crippen LogP contribution in [0, 0.1) is 0 Å². The smallest absolute Gasteiger partial charge is 0.190 e. The second-order valence-corrected chi connectivity index (χ2v) is 7.53. The Morgan fingerprint density at radius 3 is 2.36 bits per heavy atom. The summed E-state index contributed by atoms with van der Waals surface area (Å²) < 4.78 is 30.5. The fraction of sp³-hybridized carbons (Fsp3) is 1.00. The average molecular weight is 360 g/mol. The van der Waals surface area contributed by atoms with E-state index in [1.807, 2.05) is 13.8 Å². The number of rotatable bonds is 12. The van der Waals surface area contributed by atoms with Crippen LogP contribution in [0.1, 0.15) is 66.2 Å². The number of aliphatic hydroxyl groups excluding tert-OH is 1. The van der Waals surface area contributed by atoms with Gasteiger partial charge in [0.25, 0.3) is 0 Å². The third-order valence-electron chi connectivity index (χ3n) is 4.80. The molecule has 0 amide bonds. The second-order valence-electron chi connectivity index (χ2n) is 7.53. The summed E-state index contributed by atoms with van der Waals surface area (Å²) >= 11 is 0. The number of unbranched alkanes of at least 4 members (excludes halogenated alkanes) is 2. The van der Waals surface area contributed by atoms with Crippen LogP contribution >= 0.6 is 0 Å². The third kappa shape index (κ3) is 5.37. The molecule has 4 atom stereocenters. The molecule has 148 valence electrons. The Labute approximate surface area is 152 Å². The number of hydrogen-bond acceptors (Lipinski definition) is 6. The van der Waals surface area contributed by atoms with E-state index in [2.05, 4.69) is 13.8 Å². The zero-order valence-corrected chi connectivity index (χ0v) is 16.3. The Bertz CT molecular complexity index is 388. The van der Waals surface area contributed by atoms with Gasteiger partial charge in [0, 0.05) is 19.8 Å². The van der Waals surface area contributed by atoms with Gasteiger partial charge in [-0.2, -0.15) is 0 Å². The molecule has 2 rings (SSSR count). The van der Waals surface area contributed by atoms with E-state index < -0.39 is 17.7 Å². The summed E-state index contributed by atoms with van der Waals surface area (Å²) in [6, 6.07) is 0. The van der Waals surface area contributed by atoms with Gasteiger partial charge in [-0.15, -0.1) is 0 Å². The van der Waals surface area contributed by atoms with Crippen molar-refractivity contribution in [3.63, 3.8) is 0 Å². The topological polar surface area (TPSA) is 66.4 Å². The maximum atomic E-state index is 9.34. The van der Waals surface area contributed by atoms with Gasteiger partial charge in [-0.05, 0) is 39.5 Å². The third-order valence-corrected chi connectivity index (χ3v) is 4.80. The van der Waals surface area contributed by atoms with Crippen LogP contribution in [0.2, 0.25) is 0 Å². The van der Waals surface area contributed by atoms with Crippen molar-refractivity contribution in [2.24, 2.45) is 0 Å². The lowest BCUT2D eigenvalue weighted by Gasteiger charge is -2.36. The van der Waals surface area contributed by atoms with Crippen molar-refractivity contribution in [1.82, 2.24) is 0 Å². The van der Waals surface area contributed by atoms with E-state index >= 15 is 0 Å². The Morgan fingerprint density at radius 2 is 1.68 bits per heavy atom. The highest BCUT2D eigenvalue weighted by Gasteiger charge is 2.62. The molecule has 25 heavy (non-hydrogen) atoms. The lowest BCUT2D eigenvalue weighted by molar-refractivity contribution is -0.255. The van der Waals surface area contributed by atoms with E-state index in [1.54, 1.807) is 0 Å². The molecule has 2 aliphatic heterocycles. The van der Waals surface area contributed by atoms with Gasteiger partial charge in [-0.1, -0.05) is 26.7 Å². The maximum Gasteiger partial charge on any atom is 0.190 e. The summed E-state index contributed by atoms with van der Waals surface area (Å²) in [5.41, 5.74) is -0.629. The molecule has 0 aromatic carbocycles. The largest absolute Gasteiger partial charge is 0.396 e. The molecule has 0 radical (unpaired) electrons. The van der Waals surface area contributed by atoms with Gasteiger partial charge in [0.2, 0.25) is 0 Å². The predicted octanol–water partition coefficient (Wildman–Crippen LogP) is 3.01. The predicted molar refractivity (Wildman–Crippen MR) is 94.3 cm³/mol. The molecular formula is C19H36O6. The van der Waals surface area contributed by atoms with Crippen LogP contribution in [0.15, 0.2) is 0 Å². The van der Waals surface area contributed by atoms with Crippen molar-refractivity contribution in [1.29, 1.82) is 0 Å². The fourth-order valence-corrected chi connectivity index (χ4v) is 3.51. The molecule has 0 aliphatic carbocycles. The van der Waals surface area contributed by atoms with Crippen molar-refractivity contribution in [2.45, 2.75) is 96.1 Å². The zero-order valence-electron chi connectivity index (χ0n) is 16.3. The molecule has 0 spiro atoms. The van der Waals surface area contributed by atoms with Crippen LogP contribution in [0.4, 0.5) is 0 Å². The first-order valence-electron chi connectivity index (χ1n) is 9.81. The molecule has 2 unspecified atom stereocenters. The summed E-state index contributed by atoms with van der Waals surface area (Å²) in [7, 11) is 0. The highest BCUT2D eigenvalue weighted by atomic mass is 16.8. The first kappa shape index (κ1) is 21.1. The summed E-state index contributed by atoms with van der Waals surface area (Å²) in [6.45, 7) is 9.98.